The monoisotopic (exact) mass is 327 g/mol. The molecule has 6 nitrogen and oxygen atoms in total. The zero-order valence-corrected chi connectivity index (χ0v) is 14.5. The third-order valence-corrected chi connectivity index (χ3v) is 4.83. The highest BCUT2D eigenvalue weighted by atomic mass is 16.2. The van der Waals surface area contributed by atoms with Crippen LogP contribution in [0.15, 0.2) is 24.5 Å². The van der Waals surface area contributed by atoms with E-state index in [1.165, 1.54) is 0 Å². The Bertz CT molecular complexity index is 669. The Hall–Kier alpha value is -2.37. The number of nitrogens with zero attached hydrogens (tertiary/aromatic N) is 3. The molecule has 24 heavy (non-hydrogen) atoms. The molecule has 1 amide bonds. The molecule has 1 aliphatic rings. The number of pyridine rings is 1. The van der Waals surface area contributed by atoms with Gasteiger partial charge in [-0.1, -0.05) is 0 Å². The number of aromatic nitrogens is 3. The van der Waals surface area contributed by atoms with Gasteiger partial charge in [0.2, 0.25) is 5.91 Å². The molecule has 1 unspecified atom stereocenters. The predicted octanol–water partition coefficient (Wildman–Crippen LogP) is 2.63. The van der Waals surface area contributed by atoms with Crippen molar-refractivity contribution in [3.63, 3.8) is 0 Å². The van der Waals surface area contributed by atoms with Crippen LogP contribution in [0.3, 0.4) is 0 Å². The molecular weight excluding hydrogens is 302 g/mol. The van der Waals surface area contributed by atoms with Gasteiger partial charge < -0.3 is 10.2 Å². The highest BCUT2D eigenvalue weighted by Crippen LogP contribution is 2.25. The van der Waals surface area contributed by atoms with E-state index in [0.717, 1.165) is 48.6 Å². The number of H-pyrrole nitrogens is 1. The first-order valence-corrected chi connectivity index (χ1v) is 8.53. The van der Waals surface area contributed by atoms with Crippen LogP contribution in [-0.4, -0.2) is 45.1 Å². The summed E-state index contributed by atoms with van der Waals surface area (Å²) in [7, 11) is 0. The second-order valence-corrected chi connectivity index (χ2v) is 6.55. The van der Waals surface area contributed by atoms with Gasteiger partial charge in [0.05, 0.1) is 17.3 Å². The summed E-state index contributed by atoms with van der Waals surface area (Å²) in [5.41, 5.74) is 3.99. The van der Waals surface area contributed by atoms with Gasteiger partial charge in [0.25, 0.3) is 0 Å². The smallest absolute Gasteiger partial charge is 0.229 e. The van der Waals surface area contributed by atoms with Crippen LogP contribution < -0.4 is 5.32 Å². The van der Waals surface area contributed by atoms with Gasteiger partial charge in [-0.25, -0.2) is 0 Å². The lowest BCUT2D eigenvalue weighted by Gasteiger charge is -2.34. The van der Waals surface area contributed by atoms with Crippen LogP contribution in [-0.2, 0) is 4.79 Å². The molecule has 0 spiro atoms. The highest BCUT2D eigenvalue weighted by molar-refractivity contribution is 5.84. The Labute approximate surface area is 142 Å². The molecule has 2 aromatic rings. The number of hydrogen-bond donors (Lipinski definition) is 2. The van der Waals surface area contributed by atoms with Gasteiger partial charge in [0, 0.05) is 42.8 Å². The van der Waals surface area contributed by atoms with E-state index in [9.17, 15) is 4.79 Å². The van der Waals surface area contributed by atoms with E-state index < -0.39 is 0 Å². The molecule has 0 aromatic carbocycles. The quantitative estimate of drug-likeness (QED) is 0.905. The standard InChI is InChI=1S/C18H25N5O/c1-12(17-13(2)21-22-14(17)3)18(24)23-9-6-15(7-10-23)20-16-5-4-8-19-11-16/h4-5,8,11-12,15,20H,6-7,9-10H2,1-3H3,(H,21,22). The van der Waals surface area contributed by atoms with Gasteiger partial charge >= 0.3 is 0 Å². The van der Waals surface area contributed by atoms with Crippen LogP contribution in [0.1, 0.15) is 42.6 Å². The van der Waals surface area contributed by atoms with Crippen molar-refractivity contribution < 1.29 is 4.79 Å². The third-order valence-electron chi connectivity index (χ3n) is 4.83. The first-order valence-electron chi connectivity index (χ1n) is 8.53. The number of nitrogens with one attached hydrogen (secondary N) is 2. The Morgan fingerprint density at radius 3 is 2.71 bits per heavy atom. The maximum Gasteiger partial charge on any atom is 0.229 e. The molecule has 2 aromatic heterocycles. The van der Waals surface area contributed by atoms with Crippen molar-refractivity contribution in [1.29, 1.82) is 0 Å². The van der Waals surface area contributed by atoms with Gasteiger partial charge in [0.1, 0.15) is 0 Å². The first-order chi connectivity index (χ1) is 11.6. The highest BCUT2D eigenvalue weighted by Gasteiger charge is 2.29. The van der Waals surface area contributed by atoms with E-state index in [2.05, 4.69) is 20.5 Å². The number of amides is 1. The van der Waals surface area contributed by atoms with E-state index in [1.54, 1.807) is 6.20 Å². The normalized spacial score (nSPS) is 16.9. The van der Waals surface area contributed by atoms with Crippen molar-refractivity contribution in [1.82, 2.24) is 20.1 Å². The number of carbonyl (C=O) groups excluding carboxylic acids is 1. The number of carbonyl (C=O) groups is 1. The van der Waals surface area contributed by atoms with E-state index in [0.29, 0.717) is 6.04 Å². The summed E-state index contributed by atoms with van der Waals surface area (Å²) in [6.07, 6.45) is 5.52. The number of piperidine rings is 1. The fourth-order valence-corrected chi connectivity index (χ4v) is 3.52. The molecule has 0 aliphatic carbocycles. The number of aromatic amines is 1. The Morgan fingerprint density at radius 2 is 2.12 bits per heavy atom. The lowest BCUT2D eigenvalue weighted by molar-refractivity contribution is -0.133. The first kappa shape index (κ1) is 16.5. The second-order valence-electron chi connectivity index (χ2n) is 6.55. The summed E-state index contributed by atoms with van der Waals surface area (Å²) in [4.78, 5) is 18.9. The summed E-state index contributed by atoms with van der Waals surface area (Å²) >= 11 is 0. The van der Waals surface area contributed by atoms with Crippen LogP contribution in [0.4, 0.5) is 5.69 Å². The molecule has 3 rings (SSSR count). The van der Waals surface area contributed by atoms with Gasteiger partial charge in [0.15, 0.2) is 0 Å². The maximum absolute atomic E-state index is 12.8. The molecule has 0 bridgehead atoms. The molecule has 0 radical (unpaired) electrons. The van der Waals surface area contributed by atoms with Crippen molar-refractivity contribution in [2.45, 2.75) is 45.6 Å². The Balaban J connectivity index is 1.57. The van der Waals surface area contributed by atoms with E-state index in [4.69, 9.17) is 0 Å². The molecule has 3 heterocycles. The molecule has 0 saturated carbocycles. The molecular formula is C18H25N5O. The van der Waals surface area contributed by atoms with Crippen LogP contribution in [0.2, 0.25) is 0 Å². The number of likely N-dealkylation sites (tertiary alicyclic amines) is 1. The fraction of sp³-hybridized carbons (Fsp3) is 0.500. The Kier molecular flexibility index (Phi) is 4.83. The van der Waals surface area contributed by atoms with Crippen LogP contribution in [0.25, 0.3) is 0 Å². The molecule has 6 heteroatoms. The van der Waals surface area contributed by atoms with E-state index in [-0.39, 0.29) is 11.8 Å². The summed E-state index contributed by atoms with van der Waals surface area (Å²) < 4.78 is 0. The van der Waals surface area contributed by atoms with Crippen LogP contribution >= 0.6 is 0 Å². The van der Waals surface area contributed by atoms with Crippen molar-refractivity contribution in [2.75, 3.05) is 18.4 Å². The van der Waals surface area contributed by atoms with Gasteiger partial charge in [-0.05, 0) is 45.7 Å². The molecule has 1 aliphatic heterocycles. The summed E-state index contributed by atoms with van der Waals surface area (Å²) in [6.45, 7) is 7.48. The van der Waals surface area contributed by atoms with E-state index >= 15 is 0 Å². The molecule has 128 valence electrons. The number of rotatable bonds is 4. The molecule has 1 saturated heterocycles. The topological polar surface area (TPSA) is 73.9 Å². The average Bonchev–Trinajstić information content (AvgIpc) is 2.94. The maximum atomic E-state index is 12.8. The predicted molar refractivity (Wildman–Crippen MR) is 93.9 cm³/mol. The summed E-state index contributed by atoms with van der Waals surface area (Å²) in [5, 5.41) is 10.7. The number of anilines is 1. The van der Waals surface area contributed by atoms with Gasteiger partial charge in [-0.15, -0.1) is 0 Å². The molecule has 1 atom stereocenters. The number of hydrogen-bond acceptors (Lipinski definition) is 4. The van der Waals surface area contributed by atoms with Crippen molar-refractivity contribution in [3.8, 4) is 0 Å². The summed E-state index contributed by atoms with van der Waals surface area (Å²) in [5.74, 6) is 0.0500. The largest absolute Gasteiger partial charge is 0.381 e. The molecule has 1 fully saturated rings. The Morgan fingerprint density at radius 1 is 1.38 bits per heavy atom. The second kappa shape index (κ2) is 7.03. The fourth-order valence-electron chi connectivity index (χ4n) is 3.52. The zero-order chi connectivity index (χ0) is 17.1. The lowest BCUT2D eigenvalue weighted by atomic mass is 9.96. The van der Waals surface area contributed by atoms with Crippen molar-refractivity contribution in [2.24, 2.45) is 0 Å². The van der Waals surface area contributed by atoms with Crippen molar-refractivity contribution in [3.05, 3.63) is 41.5 Å². The SMILES string of the molecule is Cc1n[nH]c(C)c1C(C)C(=O)N1CCC(Nc2cccnc2)CC1. The zero-order valence-electron chi connectivity index (χ0n) is 14.5. The lowest BCUT2D eigenvalue weighted by Crippen LogP contribution is -2.44. The van der Waals surface area contributed by atoms with Crippen LogP contribution in [0.5, 0.6) is 0 Å². The minimum Gasteiger partial charge on any atom is -0.381 e. The van der Waals surface area contributed by atoms with Crippen molar-refractivity contribution >= 4 is 11.6 Å². The average molecular weight is 327 g/mol. The molecule has 2 N–H and O–H groups in total. The van der Waals surface area contributed by atoms with Gasteiger partial charge in [-0.3, -0.25) is 14.9 Å². The van der Waals surface area contributed by atoms with Gasteiger partial charge in [-0.2, -0.15) is 5.10 Å². The number of aryl methyl sites for hydroxylation is 2. The minimum atomic E-state index is -0.147. The minimum absolute atomic E-state index is 0.147. The van der Waals surface area contributed by atoms with Crippen LogP contribution in [0, 0.1) is 13.8 Å². The summed E-state index contributed by atoms with van der Waals surface area (Å²) in [6, 6.07) is 4.35. The van der Waals surface area contributed by atoms with E-state index in [1.807, 2.05) is 44.0 Å². The third kappa shape index (κ3) is 3.42.